The fourth-order valence-corrected chi connectivity index (χ4v) is 0.561. The van der Waals surface area contributed by atoms with Gasteiger partial charge in [0.1, 0.15) is 0 Å². The molecule has 0 aliphatic rings. The average Bonchev–Trinajstić information content (AvgIpc) is 1.77. The molecule has 0 spiro atoms. The van der Waals surface area contributed by atoms with Crippen molar-refractivity contribution in [1.82, 2.24) is 10.2 Å². The molecule has 0 amide bonds. The van der Waals surface area contributed by atoms with E-state index in [1.807, 2.05) is 6.92 Å². The minimum atomic E-state index is 0. The van der Waals surface area contributed by atoms with E-state index in [2.05, 4.69) is 26.1 Å². The van der Waals surface area contributed by atoms with Crippen molar-refractivity contribution in [2.24, 2.45) is 0 Å². The van der Waals surface area contributed by atoms with Gasteiger partial charge in [0.05, 0.1) is 12.4 Å². The van der Waals surface area contributed by atoms with Crippen LogP contribution >= 0.6 is 28.3 Å². The Hall–Kier alpha value is -0.150. The Morgan fingerprint density at radius 1 is 1.33 bits per heavy atom. The Bertz CT molecular complexity index is 171. The molecular formula is C5H6BrClN2. The number of aryl methyl sites for hydroxylation is 1. The van der Waals surface area contributed by atoms with Crippen molar-refractivity contribution in [2.75, 3.05) is 0 Å². The van der Waals surface area contributed by atoms with Gasteiger partial charge in [0.25, 0.3) is 0 Å². The fourth-order valence-electron chi connectivity index (χ4n) is 0.367. The maximum absolute atomic E-state index is 3.67. The first kappa shape index (κ1) is 8.85. The summed E-state index contributed by atoms with van der Waals surface area (Å²) in [6.07, 6.45) is 3.39. The van der Waals surface area contributed by atoms with E-state index < -0.39 is 0 Å². The largest absolute Gasteiger partial charge is 0.159 e. The van der Waals surface area contributed by atoms with Crippen LogP contribution in [0, 0.1) is 6.92 Å². The van der Waals surface area contributed by atoms with Crippen LogP contribution in [0.15, 0.2) is 16.9 Å². The second kappa shape index (κ2) is 3.80. The van der Waals surface area contributed by atoms with Crippen LogP contribution in [-0.4, -0.2) is 10.2 Å². The number of hydrogen-bond donors (Lipinski definition) is 0. The van der Waals surface area contributed by atoms with Crippen LogP contribution in [0.5, 0.6) is 0 Å². The van der Waals surface area contributed by atoms with Crippen LogP contribution in [0.4, 0.5) is 0 Å². The van der Waals surface area contributed by atoms with Crippen LogP contribution in [0.1, 0.15) is 5.56 Å². The van der Waals surface area contributed by atoms with Gasteiger partial charge >= 0.3 is 0 Å². The lowest BCUT2D eigenvalue weighted by Crippen LogP contribution is -1.80. The summed E-state index contributed by atoms with van der Waals surface area (Å²) < 4.78 is 1.01. The number of rotatable bonds is 0. The maximum Gasteiger partial charge on any atom is 0.0641 e. The zero-order valence-electron chi connectivity index (χ0n) is 4.84. The summed E-state index contributed by atoms with van der Waals surface area (Å²) in [5.74, 6) is 0. The zero-order chi connectivity index (χ0) is 5.98. The second-order valence-electron chi connectivity index (χ2n) is 1.52. The zero-order valence-corrected chi connectivity index (χ0v) is 7.24. The topological polar surface area (TPSA) is 25.8 Å². The number of hydrogen-bond acceptors (Lipinski definition) is 2. The van der Waals surface area contributed by atoms with E-state index in [1.54, 1.807) is 12.4 Å². The van der Waals surface area contributed by atoms with Gasteiger partial charge in [-0.05, 0) is 28.4 Å². The molecule has 1 rings (SSSR count). The van der Waals surface area contributed by atoms with E-state index in [0.717, 1.165) is 10.0 Å². The van der Waals surface area contributed by atoms with Crippen LogP contribution < -0.4 is 0 Å². The van der Waals surface area contributed by atoms with Gasteiger partial charge in [-0.2, -0.15) is 10.2 Å². The van der Waals surface area contributed by atoms with E-state index in [-0.39, 0.29) is 12.4 Å². The summed E-state index contributed by atoms with van der Waals surface area (Å²) >= 11 is 3.29. The fraction of sp³-hybridized carbons (Fsp3) is 0.200. The third-order valence-electron chi connectivity index (χ3n) is 0.866. The molecular weight excluding hydrogens is 203 g/mol. The highest BCUT2D eigenvalue weighted by Crippen LogP contribution is 2.10. The van der Waals surface area contributed by atoms with Gasteiger partial charge < -0.3 is 0 Å². The van der Waals surface area contributed by atoms with Gasteiger partial charge in [-0.25, -0.2) is 0 Å². The highest BCUT2D eigenvalue weighted by atomic mass is 79.9. The van der Waals surface area contributed by atoms with Crippen molar-refractivity contribution in [3.05, 3.63) is 22.4 Å². The highest BCUT2D eigenvalue weighted by Gasteiger charge is 1.88. The summed E-state index contributed by atoms with van der Waals surface area (Å²) in [5, 5.41) is 7.31. The Morgan fingerprint density at radius 2 is 1.89 bits per heavy atom. The van der Waals surface area contributed by atoms with E-state index in [9.17, 15) is 0 Å². The van der Waals surface area contributed by atoms with Crippen LogP contribution in [-0.2, 0) is 0 Å². The lowest BCUT2D eigenvalue weighted by molar-refractivity contribution is 1.00. The van der Waals surface area contributed by atoms with Crippen LogP contribution in [0.25, 0.3) is 0 Å². The van der Waals surface area contributed by atoms with Crippen LogP contribution in [0.2, 0.25) is 0 Å². The van der Waals surface area contributed by atoms with Gasteiger partial charge in [-0.15, -0.1) is 12.4 Å². The Kier molecular flexibility index (Phi) is 3.73. The Labute approximate surface area is 68.2 Å². The molecule has 0 radical (unpaired) electrons. The van der Waals surface area contributed by atoms with Gasteiger partial charge in [0, 0.05) is 4.47 Å². The van der Waals surface area contributed by atoms with Gasteiger partial charge in [-0.3, -0.25) is 0 Å². The number of halogens is 2. The normalized spacial score (nSPS) is 8.22. The summed E-state index contributed by atoms with van der Waals surface area (Å²) in [6.45, 7) is 1.97. The van der Waals surface area contributed by atoms with Crippen molar-refractivity contribution < 1.29 is 0 Å². The standard InChI is InChI=1S/C5H5BrN2.ClH/c1-4-2-7-8-3-5(4)6;/h2-3H,1H3;1H. The molecule has 1 heterocycles. The monoisotopic (exact) mass is 208 g/mol. The lowest BCUT2D eigenvalue weighted by Gasteiger charge is -1.89. The Morgan fingerprint density at radius 3 is 2.22 bits per heavy atom. The van der Waals surface area contributed by atoms with Gasteiger partial charge in [-0.1, -0.05) is 0 Å². The molecule has 0 atom stereocenters. The van der Waals surface area contributed by atoms with Crippen molar-refractivity contribution >= 4 is 28.3 Å². The average molecular weight is 209 g/mol. The predicted octanol–water partition coefficient (Wildman–Crippen LogP) is 1.97. The summed E-state index contributed by atoms with van der Waals surface area (Å²) in [6, 6.07) is 0. The van der Waals surface area contributed by atoms with Gasteiger partial charge in [0.2, 0.25) is 0 Å². The molecule has 0 saturated carbocycles. The molecule has 0 saturated heterocycles. The molecule has 1 aromatic heterocycles. The molecule has 9 heavy (non-hydrogen) atoms. The quantitative estimate of drug-likeness (QED) is 0.653. The molecule has 0 aliphatic carbocycles. The van der Waals surface area contributed by atoms with E-state index >= 15 is 0 Å². The SMILES string of the molecule is Cc1cnncc1Br.Cl. The van der Waals surface area contributed by atoms with Crippen molar-refractivity contribution in [1.29, 1.82) is 0 Å². The molecule has 0 bridgehead atoms. The first-order chi connectivity index (χ1) is 3.80. The lowest BCUT2D eigenvalue weighted by atomic mass is 10.4. The summed E-state index contributed by atoms with van der Waals surface area (Å²) in [7, 11) is 0. The molecule has 0 fully saturated rings. The van der Waals surface area contributed by atoms with Crippen molar-refractivity contribution in [3.8, 4) is 0 Å². The molecule has 0 aromatic carbocycles. The molecule has 1 aromatic rings. The molecule has 0 aliphatic heterocycles. The maximum atomic E-state index is 3.67. The highest BCUT2D eigenvalue weighted by molar-refractivity contribution is 9.10. The predicted molar refractivity (Wildman–Crippen MR) is 41.7 cm³/mol. The summed E-state index contributed by atoms with van der Waals surface area (Å²) in [5.41, 5.74) is 1.11. The molecule has 0 unspecified atom stereocenters. The first-order valence-corrected chi connectivity index (χ1v) is 3.03. The third kappa shape index (κ3) is 2.28. The summed E-state index contributed by atoms with van der Waals surface area (Å²) in [4.78, 5) is 0. The molecule has 4 heteroatoms. The smallest absolute Gasteiger partial charge is 0.0641 e. The minimum absolute atomic E-state index is 0. The van der Waals surface area contributed by atoms with Crippen LogP contribution in [0.3, 0.4) is 0 Å². The third-order valence-corrected chi connectivity index (χ3v) is 1.70. The molecule has 50 valence electrons. The van der Waals surface area contributed by atoms with E-state index in [0.29, 0.717) is 0 Å². The van der Waals surface area contributed by atoms with E-state index in [1.165, 1.54) is 0 Å². The first-order valence-electron chi connectivity index (χ1n) is 2.23. The van der Waals surface area contributed by atoms with Crippen molar-refractivity contribution in [2.45, 2.75) is 6.92 Å². The van der Waals surface area contributed by atoms with Crippen molar-refractivity contribution in [3.63, 3.8) is 0 Å². The van der Waals surface area contributed by atoms with E-state index in [4.69, 9.17) is 0 Å². The molecule has 0 N–H and O–H groups in total. The minimum Gasteiger partial charge on any atom is -0.159 e. The molecule has 2 nitrogen and oxygen atoms in total. The second-order valence-corrected chi connectivity index (χ2v) is 2.37. The number of nitrogens with zero attached hydrogens (tertiary/aromatic N) is 2. The van der Waals surface area contributed by atoms with Gasteiger partial charge in [0.15, 0.2) is 0 Å². The number of aromatic nitrogens is 2. The Balaban J connectivity index is 0.000000640.